The minimum Gasteiger partial charge on any atom is -0.385 e. The molecule has 0 radical (unpaired) electrons. The van der Waals surface area contributed by atoms with Crippen molar-refractivity contribution in [1.29, 1.82) is 0 Å². The zero-order valence-corrected chi connectivity index (χ0v) is 19.1. The molecule has 0 aromatic heterocycles. The molecular weight excluding hydrogens is 400 g/mol. The fourth-order valence-electron chi connectivity index (χ4n) is 4.34. The fourth-order valence-corrected chi connectivity index (χ4v) is 5.83. The standard InChI is InChI=1S/C22H36N4O3S/c1-23-21(25-18-22(11-6-12-22)13-16-29-2)24-17-19-9-14-26(15-10-19)30(27,28)20-7-4-3-5-8-20/h3-5,7-8,19H,6,9-18H2,1-2H3,(H2,23,24,25). The van der Waals surface area contributed by atoms with Gasteiger partial charge in [-0.05, 0) is 55.6 Å². The minimum atomic E-state index is -3.38. The first kappa shape index (κ1) is 23.0. The molecule has 7 nitrogen and oxygen atoms in total. The summed E-state index contributed by atoms with van der Waals surface area (Å²) in [7, 11) is 0.175. The van der Waals surface area contributed by atoms with E-state index in [2.05, 4.69) is 15.6 Å². The molecule has 30 heavy (non-hydrogen) atoms. The highest BCUT2D eigenvalue weighted by atomic mass is 32.2. The van der Waals surface area contributed by atoms with Crippen molar-refractivity contribution in [2.24, 2.45) is 16.3 Å². The molecule has 2 N–H and O–H groups in total. The summed E-state index contributed by atoms with van der Waals surface area (Å²) in [4.78, 5) is 4.74. The lowest BCUT2D eigenvalue weighted by Gasteiger charge is -2.42. The summed E-state index contributed by atoms with van der Waals surface area (Å²) in [5.74, 6) is 1.27. The highest BCUT2D eigenvalue weighted by molar-refractivity contribution is 7.89. The average Bonchev–Trinajstić information content (AvgIpc) is 2.75. The zero-order valence-electron chi connectivity index (χ0n) is 18.3. The monoisotopic (exact) mass is 436 g/mol. The molecule has 1 aliphatic heterocycles. The van der Waals surface area contributed by atoms with Gasteiger partial charge in [-0.3, -0.25) is 4.99 Å². The number of sulfonamides is 1. The Labute approximate surface area is 181 Å². The number of nitrogens with zero attached hydrogens (tertiary/aromatic N) is 2. The first-order chi connectivity index (χ1) is 14.5. The molecule has 1 heterocycles. The number of aliphatic imine (C=N–C) groups is 1. The summed E-state index contributed by atoms with van der Waals surface area (Å²) in [5.41, 5.74) is 0.338. The van der Waals surface area contributed by atoms with E-state index in [9.17, 15) is 8.42 Å². The Balaban J connectivity index is 1.42. The first-order valence-corrected chi connectivity index (χ1v) is 12.4. The molecular formula is C22H36N4O3S. The van der Waals surface area contributed by atoms with Crippen molar-refractivity contribution in [1.82, 2.24) is 14.9 Å². The summed E-state index contributed by atoms with van der Waals surface area (Å²) >= 11 is 0. The van der Waals surface area contributed by atoms with E-state index in [4.69, 9.17) is 4.74 Å². The van der Waals surface area contributed by atoms with Crippen molar-refractivity contribution in [3.8, 4) is 0 Å². The van der Waals surface area contributed by atoms with Gasteiger partial charge in [-0.25, -0.2) is 8.42 Å². The maximum Gasteiger partial charge on any atom is 0.243 e. The van der Waals surface area contributed by atoms with E-state index in [0.717, 1.165) is 44.9 Å². The van der Waals surface area contributed by atoms with Gasteiger partial charge in [0.1, 0.15) is 0 Å². The van der Waals surface area contributed by atoms with Crippen LogP contribution in [0.1, 0.15) is 38.5 Å². The molecule has 1 saturated carbocycles. The summed E-state index contributed by atoms with van der Waals surface area (Å²) in [6.45, 7) is 3.66. The Morgan fingerprint density at radius 1 is 1.20 bits per heavy atom. The maximum atomic E-state index is 12.8. The van der Waals surface area contributed by atoms with E-state index in [1.165, 1.54) is 19.3 Å². The molecule has 0 spiro atoms. The molecule has 0 unspecified atom stereocenters. The van der Waals surface area contributed by atoms with Crippen molar-refractivity contribution >= 4 is 16.0 Å². The van der Waals surface area contributed by atoms with Gasteiger partial charge in [0, 0.05) is 46.9 Å². The Kier molecular flexibility index (Phi) is 8.13. The van der Waals surface area contributed by atoms with Gasteiger partial charge in [0.15, 0.2) is 5.96 Å². The molecule has 2 fully saturated rings. The van der Waals surface area contributed by atoms with Crippen LogP contribution in [0.5, 0.6) is 0 Å². The second kappa shape index (κ2) is 10.6. The lowest BCUT2D eigenvalue weighted by atomic mass is 9.67. The van der Waals surface area contributed by atoms with Crippen molar-refractivity contribution in [3.63, 3.8) is 0 Å². The van der Waals surface area contributed by atoms with Crippen LogP contribution < -0.4 is 10.6 Å². The van der Waals surface area contributed by atoms with Crippen molar-refractivity contribution < 1.29 is 13.2 Å². The zero-order chi connectivity index (χ0) is 21.5. The van der Waals surface area contributed by atoms with Crippen LogP contribution in [-0.4, -0.2) is 65.6 Å². The average molecular weight is 437 g/mol. The number of rotatable bonds is 9. The summed E-state index contributed by atoms with van der Waals surface area (Å²) in [5, 5.41) is 6.93. The van der Waals surface area contributed by atoms with E-state index in [0.29, 0.717) is 29.3 Å². The second-order valence-corrected chi connectivity index (χ2v) is 10.5. The molecule has 0 bridgehead atoms. The lowest BCUT2D eigenvalue weighted by Crippen LogP contribution is -2.48. The molecule has 168 valence electrons. The van der Waals surface area contributed by atoms with Gasteiger partial charge in [0.05, 0.1) is 4.90 Å². The molecule has 1 aromatic carbocycles. The van der Waals surface area contributed by atoms with Gasteiger partial charge < -0.3 is 15.4 Å². The SMILES string of the molecule is CN=C(NCC1CCN(S(=O)(=O)c2ccccc2)CC1)NCC1(CCOC)CCC1. The van der Waals surface area contributed by atoms with E-state index in [1.807, 2.05) is 6.07 Å². The van der Waals surface area contributed by atoms with Crippen LogP contribution >= 0.6 is 0 Å². The van der Waals surface area contributed by atoms with Crippen LogP contribution in [0, 0.1) is 11.3 Å². The molecule has 8 heteroatoms. The topological polar surface area (TPSA) is 83.0 Å². The van der Waals surface area contributed by atoms with Crippen LogP contribution in [0.3, 0.4) is 0 Å². The number of piperidine rings is 1. The molecule has 1 aliphatic carbocycles. The molecule has 0 atom stereocenters. The Bertz CT molecular complexity index is 786. The number of hydrogen-bond acceptors (Lipinski definition) is 4. The third kappa shape index (κ3) is 5.74. The molecule has 0 amide bonds. The number of methoxy groups -OCH3 is 1. The Morgan fingerprint density at radius 3 is 2.47 bits per heavy atom. The van der Waals surface area contributed by atoms with E-state index >= 15 is 0 Å². The van der Waals surface area contributed by atoms with Crippen molar-refractivity contribution in [2.75, 3.05) is 46.9 Å². The van der Waals surface area contributed by atoms with Crippen molar-refractivity contribution in [3.05, 3.63) is 30.3 Å². The van der Waals surface area contributed by atoms with Gasteiger partial charge in [0.2, 0.25) is 10.0 Å². The van der Waals surface area contributed by atoms with Gasteiger partial charge in [-0.2, -0.15) is 4.31 Å². The molecule has 2 aliphatic rings. The molecule has 1 aromatic rings. The minimum absolute atomic E-state index is 0.338. The van der Waals surface area contributed by atoms with Crippen LogP contribution in [-0.2, 0) is 14.8 Å². The molecule has 3 rings (SSSR count). The number of ether oxygens (including phenoxy) is 1. The number of benzene rings is 1. The fraction of sp³-hybridized carbons (Fsp3) is 0.682. The van der Waals surface area contributed by atoms with Crippen LogP contribution in [0.4, 0.5) is 0 Å². The largest absolute Gasteiger partial charge is 0.385 e. The summed E-state index contributed by atoms with van der Waals surface area (Å²) < 4.78 is 32.4. The quantitative estimate of drug-likeness (QED) is 0.459. The third-order valence-electron chi connectivity index (χ3n) is 6.62. The van der Waals surface area contributed by atoms with Gasteiger partial charge in [0.25, 0.3) is 0 Å². The van der Waals surface area contributed by atoms with Crippen LogP contribution in [0.15, 0.2) is 40.2 Å². The Morgan fingerprint density at radius 2 is 1.90 bits per heavy atom. The van der Waals surface area contributed by atoms with E-state index < -0.39 is 10.0 Å². The predicted octanol–water partition coefficient (Wildman–Crippen LogP) is 2.46. The highest BCUT2D eigenvalue weighted by Crippen LogP contribution is 2.43. The van der Waals surface area contributed by atoms with E-state index in [1.54, 1.807) is 42.7 Å². The number of guanidine groups is 1. The van der Waals surface area contributed by atoms with Gasteiger partial charge >= 0.3 is 0 Å². The number of nitrogens with one attached hydrogen (secondary N) is 2. The highest BCUT2D eigenvalue weighted by Gasteiger charge is 2.36. The third-order valence-corrected chi connectivity index (χ3v) is 8.53. The maximum absolute atomic E-state index is 12.8. The first-order valence-electron chi connectivity index (χ1n) is 11.0. The van der Waals surface area contributed by atoms with Crippen LogP contribution in [0.2, 0.25) is 0 Å². The molecule has 1 saturated heterocycles. The lowest BCUT2D eigenvalue weighted by molar-refractivity contribution is 0.0732. The summed E-state index contributed by atoms with van der Waals surface area (Å²) in [6.07, 6.45) is 6.58. The summed E-state index contributed by atoms with van der Waals surface area (Å²) in [6, 6.07) is 8.71. The number of hydrogen-bond donors (Lipinski definition) is 2. The van der Waals surface area contributed by atoms with Crippen LogP contribution in [0.25, 0.3) is 0 Å². The van der Waals surface area contributed by atoms with Crippen molar-refractivity contribution in [2.45, 2.75) is 43.4 Å². The van der Waals surface area contributed by atoms with E-state index in [-0.39, 0.29) is 0 Å². The second-order valence-electron chi connectivity index (χ2n) is 8.56. The van der Waals surface area contributed by atoms with Gasteiger partial charge in [-0.15, -0.1) is 0 Å². The van der Waals surface area contributed by atoms with Gasteiger partial charge in [-0.1, -0.05) is 24.6 Å². The Hall–Kier alpha value is -1.64. The predicted molar refractivity (Wildman–Crippen MR) is 120 cm³/mol. The smallest absolute Gasteiger partial charge is 0.243 e. The normalized spacial score (nSPS) is 20.5.